The minimum atomic E-state index is -1.13. The Morgan fingerprint density at radius 3 is 2.53 bits per heavy atom. The zero-order valence-corrected chi connectivity index (χ0v) is 9.09. The third-order valence-corrected chi connectivity index (χ3v) is 2.81. The highest BCUT2D eigenvalue weighted by atomic mass is 32.1. The molecule has 0 aliphatic heterocycles. The molecule has 0 radical (unpaired) electrons. The molecule has 0 unspecified atom stereocenters. The average molecular weight is 256 g/mol. The number of carboxylic acid groups (broad SMARTS) is 1. The Hall–Kier alpha value is -2.02. The number of hydrogen-bond acceptors (Lipinski definition) is 4. The number of carboxylic acids is 1. The number of aromatic nitrogens is 1. The molecule has 1 aromatic heterocycles. The van der Waals surface area contributed by atoms with E-state index in [0.717, 1.165) is 29.7 Å². The zero-order valence-electron chi connectivity index (χ0n) is 8.28. The molecule has 1 aromatic carbocycles. The lowest BCUT2D eigenvalue weighted by atomic mass is 10.3. The van der Waals surface area contributed by atoms with Crippen molar-refractivity contribution < 1.29 is 18.7 Å². The molecule has 4 nitrogen and oxygen atoms in total. The van der Waals surface area contributed by atoms with Crippen molar-refractivity contribution in [1.82, 2.24) is 4.98 Å². The maximum absolute atomic E-state index is 13.3. The highest BCUT2D eigenvalue weighted by Gasteiger charge is 2.12. The molecule has 7 heteroatoms. The number of nitrogens with zero attached hydrogens (tertiary/aromatic N) is 1. The van der Waals surface area contributed by atoms with Gasteiger partial charge in [0, 0.05) is 0 Å². The van der Waals surface area contributed by atoms with Crippen LogP contribution < -0.4 is 5.32 Å². The summed E-state index contributed by atoms with van der Waals surface area (Å²) in [6, 6.07) is 3.43. The second-order valence-corrected chi connectivity index (χ2v) is 4.09. The van der Waals surface area contributed by atoms with Gasteiger partial charge in [-0.15, -0.1) is 0 Å². The SMILES string of the molecule is O=C(O)c1cnc(Nc2c(F)cccc2F)s1. The second kappa shape index (κ2) is 4.46. The van der Waals surface area contributed by atoms with E-state index in [4.69, 9.17) is 5.11 Å². The summed E-state index contributed by atoms with van der Waals surface area (Å²) in [5, 5.41) is 11.2. The molecule has 17 heavy (non-hydrogen) atoms. The van der Waals surface area contributed by atoms with Gasteiger partial charge in [-0.2, -0.15) is 0 Å². The molecule has 2 rings (SSSR count). The van der Waals surface area contributed by atoms with Crippen LogP contribution in [0.25, 0.3) is 0 Å². The molecule has 2 aromatic rings. The first-order chi connectivity index (χ1) is 8.08. The fourth-order valence-corrected chi connectivity index (χ4v) is 1.81. The van der Waals surface area contributed by atoms with Crippen molar-refractivity contribution in [3.8, 4) is 0 Å². The topological polar surface area (TPSA) is 62.2 Å². The summed E-state index contributed by atoms with van der Waals surface area (Å²) in [6.45, 7) is 0. The number of nitrogens with one attached hydrogen (secondary N) is 1. The van der Waals surface area contributed by atoms with Gasteiger partial charge >= 0.3 is 5.97 Å². The Balaban J connectivity index is 2.28. The molecule has 88 valence electrons. The summed E-state index contributed by atoms with van der Waals surface area (Å²) in [7, 11) is 0. The van der Waals surface area contributed by atoms with E-state index in [1.54, 1.807) is 0 Å². The molecule has 0 aliphatic carbocycles. The Morgan fingerprint density at radius 1 is 1.35 bits per heavy atom. The predicted octanol–water partition coefficient (Wildman–Crippen LogP) is 2.86. The number of para-hydroxylation sites is 1. The smallest absolute Gasteiger partial charge is 0.347 e. The van der Waals surface area contributed by atoms with Crippen molar-refractivity contribution >= 4 is 28.1 Å². The largest absolute Gasteiger partial charge is 0.477 e. The van der Waals surface area contributed by atoms with Crippen LogP contribution in [-0.2, 0) is 0 Å². The minimum Gasteiger partial charge on any atom is -0.477 e. The second-order valence-electron chi connectivity index (χ2n) is 3.06. The van der Waals surface area contributed by atoms with Crippen molar-refractivity contribution in [2.75, 3.05) is 5.32 Å². The van der Waals surface area contributed by atoms with E-state index >= 15 is 0 Å². The average Bonchev–Trinajstić information content (AvgIpc) is 2.72. The molecule has 1 heterocycles. The summed E-state index contributed by atoms with van der Waals surface area (Å²) in [5.74, 6) is -2.67. The van der Waals surface area contributed by atoms with E-state index in [9.17, 15) is 13.6 Å². The first kappa shape index (κ1) is 11.5. The summed E-state index contributed by atoms with van der Waals surface area (Å²) in [4.78, 5) is 14.3. The highest BCUT2D eigenvalue weighted by molar-refractivity contribution is 7.17. The van der Waals surface area contributed by atoms with E-state index in [2.05, 4.69) is 10.3 Å². The van der Waals surface area contributed by atoms with Crippen LogP contribution in [0.3, 0.4) is 0 Å². The predicted molar refractivity (Wildman–Crippen MR) is 58.7 cm³/mol. The molecule has 0 bridgehead atoms. The number of aromatic carboxylic acids is 1. The van der Waals surface area contributed by atoms with Gasteiger partial charge in [-0.25, -0.2) is 18.6 Å². The Morgan fingerprint density at radius 2 is 2.00 bits per heavy atom. The first-order valence-electron chi connectivity index (χ1n) is 4.48. The van der Waals surface area contributed by atoms with Crippen LogP contribution >= 0.6 is 11.3 Å². The fourth-order valence-electron chi connectivity index (χ4n) is 1.15. The van der Waals surface area contributed by atoms with Crippen molar-refractivity contribution in [3.63, 3.8) is 0 Å². The van der Waals surface area contributed by atoms with Gasteiger partial charge in [-0.05, 0) is 12.1 Å². The molecule has 0 atom stereocenters. The van der Waals surface area contributed by atoms with Crippen LogP contribution in [0.2, 0.25) is 0 Å². The summed E-state index contributed by atoms with van der Waals surface area (Å²) < 4.78 is 26.5. The van der Waals surface area contributed by atoms with Crippen molar-refractivity contribution in [2.45, 2.75) is 0 Å². The maximum atomic E-state index is 13.3. The molecule has 0 amide bonds. The molecule has 0 saturated heterocycles. The van der Waals surface area contributed by atoms with Gasteiger partial charge in [0.15, 0.2) is 5.13 Å². The van der Waals surface area contributed by atoms with Crippen molar-refractivity contribution in [3.05, 3.63) is 40.9 Å². The molecular formula is C10H6F2N2O2S. The van der Waals surface area contributed by atoms with Gasteiger partial charge in [-0.1, -0.05) is 17.4 Å². The number of carbonyl (C=O) groups is 1. The number of anilines is 2. The lowest BCUT2D eigenvalue weighted by Gasteiger charge is -2.04. The van der Waals surface area contributed by atoms with Crippen LogP contribution in [0.15, 0.2) is 24.4 Å². The molecule has 0 saturated carbocycles. The van der Waals surface area contributed by atoms with Crippen LogP contribution in [0, 0.1) is 11.6 Å². The number of benzene rings is 1. The third-order valence-electron chi connectivity index (χ3n) is 1.91. The van der Waals surface area contributed by atoms with Crippen LogP contribution in [0.5, 0.6) is 0 Å². The van der Waals surface area contributed by atoms with Crippen LogP contribution in [0.1, 0.15) is 9.67 Å². The van der Waals surface area contributed by atoms with Crippen LogP contribution in [0.4, 0.5) is 19.6 Å². The maximum Gasteiger partial charge on any atom is 0.347 e. The summed E-state index contributed by atoms with van der Waals surface area (Å²) >= 11 is 0.798. The quantitative estimate of drug-likeness (QED) is 0.886. The minimum absolute atomic E-state index is 0.00996. The van der Waals surface area contributed by atoms with Gasteiger partial charge in [-0.3, -0.25) is 0 Å². The normalized spacial score (nSPS) is 10.2. The lowest BCUT2D eigenvalue weighted by Crippen LogP contribution is -1.96. The molecule has 0 aliphatic rings. The van der Waals surface area contributed by atoms with E-state index in [-0.39, 0.29) is 15.7 Å². The van der Waals surface area contributed by atoms with Gasteiger partial charge in [0.1, 0.15) is 22.2 Å². The van der Waals surface area contributed by atoms with E-state index in [1.165, 1.54) is 6.07 Å². The Labute approximate surface area is 98.6 Å². The summed E-state index contributed by atoms with van der Waals surface area (Å²) in [5.41, 5.74) is -0.348. The number of rotatable bonds is 3. The van der Waals surface area contributed by atoms with Crippen molar-refractivity contribution in [2.24, 2.45) is 0 Å². The van der Waals surface area contributed by atoms with Gasteiger partial charge < -0.3 is 10.4 Å². The van der Waals surface area contributed by atoms with Gasteiger partial charge in [0.05, 0.1) is 6.20 Å². The Bertz CT molecular complexity index is 551. The standard InChI is InChI=1S/C10H6F2N2O2S/c11-5-2-1-3-6(12)8(5)14-10-13-4-7(17-10)9(15)16/h1-4H,(H,13,14)(H,15,16). The zero-order chi connectivity index (χ0) is 12.4. The van der Waals surface area contributed by atoms with E-state index in [1.807, 2.05) is 0 Å². The third kappa shape index (κ3) is 2.39. The highest BCUT2D eigenvalue weighted by Crippen LogP contribution is 2.26. The number of thiazole rings is 1. The molecular weight excluding hydrogens is 250 g/mol. The lowest BCUT2D eigenvalue weighted by molar-refractivity contribution is 0.0702. The number of hydrogen-bond donors (Lipinski definition) is 2. The monoisotopic (exact) mass is 256 g/mol. The van der Waals surface area contributed by atoms with Gasteiger partial charge in [0.2, 0.25) is 0 Å². The van der Waals surface area contributed by atoms with E-state index < -0.39 is 17.6 Å². The Kier molecular flexibility index (Phi) is 3.01. The van der Waals surface area contributed by atoms with Crippen molar-refractivity contribution in [1.29, 1.82) is 0 Å². The molecule has 0 spiro atoms. The fraction of sp³-hybridized carbons (Fsp3) is 0. The molecule has 0 fully saturated rings. The van der Waals surface area contributed by atoms with Crippen LogP contribution in [-0.4, -0.2) is 16.1 Å². The van der Waals surface area contributed by atoms with Gasteiger partial charge in [0.25, 0.3) is 0 Å². The van der Waals surface area contributed by atoms with E-state index in [0.29, 0.717) is 0 Å². The first-order valence-corrected chi connectivity index (χ1v) is 5.29. The summed E-state index contributed by atoms with van der Waals surface area (Å²) in [6.07, 6.45) is 1.12. The molecule has 2 N–H and O–H groups in total. The number of halogens is 2.